The smallest absolute Gasteiger partial charge is 0.348 e. The van der Waals surface area contributed by atoms with E-state index < -0.39 is 17.7 Å². The van der Waals surface area contributed by atoms with E-state index in [0.717, 1.165) is 5.56 Å². The summed E-state index contributed by atoms with van der Waals surface area (Å²) in [7, 11) is 0. The second kappa shape index (κ2) is 6.17. The summed E-state index contributed by atoms with van der Waals surface area (Å²) in [5.74, 6) is -2.23. The average Bonchev–Trinajstić information content (AvgIpc) is 2.75. The molecule has 1 fully saturated rings. The molecule has 31 heavy (non-hydrogen) atoms. The Kier molecular flexibility index (Phi) is 3.61. The number of hydrogen-bond donors (Lipinski definition) is 0. The van der Waals surface area contributed by atoms with Gasteiger partial charge in [-0.2, -0.15) is 0 Å². The fourth-order valence-electron chi connectivity index (χ4n) is 5.22. The van der Waals surface area contributed by atoms with Gasteiger partial charge in [0, 0.05) is 25.7 Å². The normalized spacial score (nSPS) is 22.1. The summed E-state index contributed by atoms with van der Waals surface area (Å²) in [6.07, 6.45) is 1.57. The van der Waals surface area contributed by atoms with Crippen molar-refractivity contribution in [2.75, 3.05) is 0 Å². The van der Waals surface area contributed by atoms with Crippen molar-refractivity contribution >= 4 is 18.0 Å². The molecule has 4 aliphatic rings. The van der Waals surface area contributed by atoms with Gasteiger partial charge in [0.1, 0.15) is 5.57 Å². The summed E-state index contributed by atoms with van der Waals surface area (Å²) >= 11 is 0. The van der Waals surface area contributed by atoms with Crippen molar-refractivity contribution in [3.05, 3.63) is 111 Å². The van der Waals surface area contributed by atoms with Gasteiger partial charge < -0.3 is 9.47 Å². The number of carbonyl (C=O) groups excluding carboxylic acids is 2. The first-order valence-electron chi connectivity index (χ1n) is 10.4. The van der Waals surface area contributed by atoms with Gasteiger partial charge >= 0.3 is 11.9 Å². The van der Waals surface area contributed by atoms with E-state index in [1.54, 1.807) is 19.9 Å². The van der Waals surface area contributed by atoms with E-state index in [-0.39, 0.29) is 17.4 Å². The number of hydrogen-bond acceptors (Lipinski definition) is 4. The molecule has 3 aromatic carbocycles. The molecule has 0 unspecified atom stereocenters. The van der Waals surface area contributed by atoms with Crippen molar-refractivity contribution in [2.24, 2.45) is 0 Å². The molecule has 4 nitrogen and oxygen atoms in total. The zero-order valence-electron chi connectivity index (χ0n) is 17.2. The van der Waals surface area contributed by atoms with Gasteiger partial charge in [-0.3, -0.25) is 0 Å². The molecule has 1 heterocycles. The molecule has 3 aliphatic carbocycles. The first kappa shape index (κ1) is 18.1. The summed E-state index contributed by atoms with van der Waals surface area (Å²) in [5, 5.41) is 0. The SMILES string of the molecule is CC1(C)OC(=O)C(=Cc2ccc3c(c2)C2c4ccccc4C3c3ccccc32)C(=O)O1. The van der Waals surface area contributed by atoms with Crippen molar-refractivity contribution in [3.8, 4) is 0 Å². The van der Waals surface area contributed by atoms with Gasteiger partial charge in [0.15, 0.2) is 0 Å². The van der Waals surface area contributed by atoms with E-state index in [1.807, 2.05) is 6.07 Å². The van der Waals surface area contributed by atoms with Crippen LogP contribution in [0, 0.1) is 0 Å². The summed E-state index contributed by atoms with van der Waals surface area (Å²) in [4.78, 5) is 24.8. The summed E-state index contributed by atoms with van der Waals surface area (Å²) in [6, 6.07) is 23.4. The van der Waals surface area contributed by atoms with Crippen LogP contribution in [-0.2, 0) is 19.1 Å². The number of benzene rings is 3. The number of ether oxygens (including phenoxy) is 2. The minimum Gasteiger partial charge on any atom is -0.419 e. The van der Waals surface area contributed by atoms with Gasteiger partial charge in [0.25, 0.3) is 5.79 Å². The standard InChI is InChI=1S/C27H20O4/c1-27(2)30-25(28)22(26(29)31-27)14-15-11-12-20-21(13-15)24-18-9-5-3-7-16(18)23(20)17-8-4-6-10-19(17)24/h3-14,23-24H,1-2H3. The Balaban J connectivity index is 1.49. The predicted molar refractivity (Wildman–Crippen MR) is 115 cm³/mol. The fourth-order valence-corrected chi connectivity index (χ4v) is 5.22. The second-order valence-electron chi connectivity index (χ2n) is 8.75. The monoisotopic (exact) mass is 408 g/mol. The largest absolute Gasteiger partial charge is 0.419 e. The highest BCUT2D eigenvalue weighted by Gasteiger charge is 2.41. The maximum absolute atomic E-state index is 12.4. The predicted octanol–water partition coefficient (Wildman–Crippen LogP) is 4.89. The topological polar surface area (TPSA) is 52.6 Å². The molecule has 152 valence electrons. The minimum atomic E-state index is -1.24. The fraction of sp³-hybridized carbons (Fsp3) is 0.185. The van der Waals surface area contributed by atoms with Gasteiger partial charge in [-0.15, -0.1) is 0 Å². The number of carbonyl (C=O) groups is 2. The van der Waals surface area contributed by atoms with Crippen LogP contribution in [-0.4, -0.2) is 17.7 Å². The van der Waals surface area contributed by atoms with Crippen LogP contribution in [0.3, 0.4) is 0 Å². The molecule has 7 rings (SSSR count). The molecule has 3 aromatic rings. The van der Waals surface area contributed by atoms with Crippen molar-refractivity contribution in [1.29, 1.82) is 0 Å². The van der Waals surface area contributed by atoms with Gasteiger partial charge in [0.05, 0.1) is 0 Å². The first-order chi connectivity index (χ1) is 14.9. The third-order valence-electron chi connectivity index (χ3n) is 6.40. The lowest BCUT2D eigenvalue weighted by molar-refractivity contribution is -0.222. The van der Waals surface area contributed by atoms with E-state index in [2.05, 4.69) is 60.7 Å². The van der Waals surface area contributed by atoms with Crippen LogP contribution < -0.4 is 0 Å². The van der Waals surface area contributed by atoms with Crippen LogP contribution in [0.5, 0.6) is 0 Å². The molecule has 0 saturated carbocycles. The molecule has 0 aromatic heterocycles. The van der Waals surface area contributed by atoms with Crippen molar-refractivity contribution in [1.82, 2.24) is 0 Å². The summed E-state index contributed by atoms with van der Waals surface area (Å²) in [6.45, 7) is 3.09. The Morgan fingerprint density at radius 3 is 1.65 bits per heavy atom. The molecule has 0 amide bonds. The van der Waals surface area contributed by atoms with Gasteiger partial charge in [0.2, 0.25) is 0 Å². The van der Waals surface area contributed by atoms with Crippen LogP contribution in [0.1, 0.15) is 64.6 Å². The third-order valence-corrected chi connectivity index (χ3v) is 6.40. The first-order valence-corrected chi connectivity index (χ1v) is 10.4. The minimum absolute atomic E-state index is 0.0824. The van der Waals surface area contributed by atoms with Gasteiger partial charge in [-0.1, -0.05) is 66.7 Å². The Hall–Kier alpha value is -3.66. The van der Waals surface area contributed by atoms with E-state index >= 15 is 0 Å². The molecular formula is C27H20O4. The Morgan fingerprint density at radius 2 is 1.13 bits per heavy atom. The highest BCUT2D eigenvalue weighted by atomic mass is 16.7. The van der Waals surface area contributed by atoms with Gasteiger partial charge in [-0.25, -0.2) is 9.59 Å². The van der Waals surface area contributed by atoms with Crippen LogP contribution in [0.4, 0.5) is 0 Å². The maximum atomic E-state index is 12.4. The van der Waals surface area contributed by atoms with Crippen molar-refractivity contribution in [2.45, 2.75) is 31.5 Å². The number of cyclic esters (lactones) is 2. The molecule has 1 aliphatic heterocycles. The average molecular weight is 408 g/mol. The quantitative estimate of drug-likeness (QED) is 0.225. The molecular weight excluding hydrogens is 388 g/mol. The van der Waals surface area contributed by atoms with E-state index in [1.165, 1.54) is 33.4 Å². The highest BCUT2D eigenvalue weighted by Crippen LogP contribution is 2.55. The summed E-state index contributed by atoms with van der Waals surface area (Å²) in [5.41, 5.74) is 8.54. The Labute approximate surface area is 180 Å². The van der Waals surface area contributed by atoms with Crippen molar-refractivity contribution < 1.29 is 19.1 Å². The zero-order valence-corrected chi connectivity index (χ0v) is 17.2. The lowest BCUT2D eigenvalue weighted by atomic mass is 9.61. The summed E-state index contributed by atoms with van der Waals surface area (Å²) < 4.78 is 10.5. The van der Waals surface area contributed by atoms with Crippen LogP contribution >= 0.6 is 0 Å². The number of esters is 2. The highest BCUT2D eigenvalue weighted by molar-refractivity contribution is 6.18. The van der Waals surface area contributed by atoms with Crippen LogP contribution in [0.15, 0.2) is 72.3 Å². The maximum Gasteiger partial charge on any atom is 0.348 e. The Morgan fingerprint density at radius 1 is 0.677 bits per heavy atom. The molecule has 1 saturated heterocycles. The van der Waals surface area contributed by atoms with E-state index in [4.69, 9.17) is 9.47 Å². The third kappa shape index (κ3) is 2.61. The Bertz CT molecular complexity index is 1240. The molecule has 0 radical (unpaired) electrons. The number of rotatable bonds is 1. The molecule has 2 bridgehead atoms. The van der Waals surface area contributed by atoms with E-state index in [9.17, 15) is 9.59 Å². The molecule has 0 atom stereocenters. The van der Waals surface area contributed by atoms with E-state index in [0.29, 0.717) is 0 Å². The van der Waals surface area contributed by atoms with Gasteiger partial charge in [-0.05, 0) is 45.0 Å². The molecule has 0 spiro atoms. The lowest BCUT2D eigenvalue weighted by Gasteiger charge is -2.42. The van der Waals surface area contributed by atoms with Crippen molar-refractivity contribution in [3.63, 3.8) is 0 Å². The van der Waals surface area contributed by atoms with Crippen LogP contribution in [0.25, 0.3) is 6.08 Å². The molecule has 0 N–H and O–H groups in total. The second-order valence-corrected chi connectivity index (χ2v) is 8.75. The lowest BCUT2D eigenvalue weighted by Crippen LogP contribution is -2.41. The molecule has 4 heteroatoms. The van der Waals surface area contributed by atoms with Crippen LogP contribution in [0.2, 0.25) is 0 Å². The zero-order chi connectivity index (χ0) is 21.3.